The molecule has 1 heterocycles. The molecule has 2 atom stereocenters. The van der Waals surface area contributed by atoms with E-state index in [1.54, 1.807) is 10.9 Å². The Kier molecular flexibility index (Phi) is 5.16. The third kappa shape index (κ3) is 3.59. The summed E-state index contributed by atoms with van der Waals surface area (Å²) in [5.74, 6) is 0.742. The SMILES string of the molecule is CCC(C)CC(CC)Nc1ccccc1-n1ccnn1. The number of nitrogens with one attached hydrogen (secondary N) is 1. The molecule has 1 N–H and O–H groups in total. The molecule has 0 bridgehead atoms. The average Bonchev–Trinajstić information content (AvgIpc) is 3.01. The molecule has 4 heteroatoms. The van der Waals surface area contributed by atoms with Gasteiger partial charge in [0.05, 0.1) is 23.8 Å². The predicted molar refractivity (Wildman–Crippen MR) is 83.1 cm³/mol. The smallest absolute Gasteiger partial charge is 0.0894 e. The lowest BCUT2D eigenvalue weighted by Crippen LogP contribution is -2.22. The quantitative estimate of drug-likeness (QED) is 0.831. The third-order valence-electron chi connectivity index (χ3n) is 3.81. The van der Waals surface area contributed by atoms with Crippen LogP contribution in [-0.4, -0.2) is 21.0 Å². The van der Waals surface area contributed by atoms with Crippen LogP contribution in [0.15, 0.2) is 36.7 Å². The van der Waals surface area contributed by atoms with E-state index in [-0.39, 0.29) is 0 Å². The second-order valence-corrected chi connectivity index (χ2v) is 5.36. The van der Waals surface area contributed by atoms with Crippen molar-refractivity contribution in [2.45, 2.75) is 46.1 Å². The summed E-state index contributed by atoms with van der Waals surface area (Å²) in [5.41, 5.74) is 2.17. The molecular weight excluding hydrogens is 248 g/mol. The number of anilines is 1. The molecule has 0 fully saturated rings. The van der Waals surface area contributed by atoms with Crippen LogP contribution in [0, 0.1) is 5.92 Å². The molecule has 2 aromatic rings. The molecule has 0 saturated carbocycles. The number of benzene rings is 1. The molecule has 0 radical (unpaired) electrons. The maximum atomic E-state index is 4.08. The van der Waals surface area contributed by atoms with Crippen molar-refractivity contribution in [3.8, 4) is 5.69 Å². The van der Waals surface area contributed by atoms with E-state index < -0.39 is 0 Å². The maximum Gasteiger partial charge on any atom is 0.0894 e. The lowest BCUT2D eigenvalue weighted by Gasteiger charge is -2.23. The molecule has 0 spiro atoms. The number of para-hydroxylation sites is 2. The van der Waals surface area contributed by atoms with Crippen LogP contribution in [0.2, 0.25) is 0 Å². The Morgan fingerprint density at radius 2 is 2.00 bits per heavy atom. The van der Waals surface area contributed by atoms with Crippen LogP contribution in [0.25, 0.3) is 5.69 Å². The van der Waals surface area contributed by atoms with Crippen molar-refractivity contribution in [3.63, 3.8) is 0 Å². The summed E-state index contributed by atoms with van der Waals surface area (Å²) in [6.07, 6.45) is 7.11. The summed E-state index contributed by atoms with van der Waals surface area (Å²) in [6, 6.07) is 8.74. The van der Waals surface area contributed by atoms with E-state index in [2.05, 4.69) is 54.6 Å². The number of aromatic nitrogens is 3. The molecule has 1 aromatic carbocycles. The number of rotatable bonds is 7. The zero-order valence-electron chi connectivity index (χ0n) is 12.6. The molecule has 0 aliphatic carbocycles. The predicted octanol–water partition coefficient (Wildman–Crippen LogP) is 3.89. The number of hydrogen-bond acceptors (Lipinski definition) is 3. The molecule has 20 heavy (non-hydrogen) atoms. The number of nitrogens with zero attached hydrogens (tertiary/aromatic N) is 3. The molecule has 4 nitrogen and oxygen atoms in total. The summed E-state index contributed by atoms with van der Waals surface area (Å²) >= 11 is 0. The fourth-order valence-electron chi connectivity index (χ4n) is 2.33. The van der Waals surface area contributed by atoms with Crippen LogP contribution in [0.4, 0.5) is 5.69 Å². The zero-order valence-corrected chi connectivity index (χ0v) is 12.6. The van der Waals surface area contributed by atoms with Crippen molar-refractivity contribution in [1.82, 2.24) is 15.0 Å². The van der Waals surface area contributed by atoms with Crippen LogP contribution >= 0.6 is 0 Å². The zero-order chi connectivity index (χ0) is 14.4. The van der Waals surface area contributed by atoms with Gasteiger partial charge < -0.3 is 5.32 Å². The first kappa shape index (κ1) is 14.6. The molecular formula is C16H24N4. The lowest BCUT2D eigenvalue weighted by atomic mass is 9.97. The standard InChI is InChI=1S/C16H24N4/c1-4-13(3)12-14(5-2)18-15-8-6-7-9-16(15)20-11-10-17-19-20/h6-11,13-14,18H,4-5,12H2,1-3H3. The van der Waals surface area contributed by atoms with Crippen molar-refractivity contribution in [2.24, 2.45) is 5.92 Å². The Balaban J connectivity index is 2.16. The summed E-state index contributed by atoms with van der Waals surface area (Å²) in [5, 5.41) is 11.6. The first-order valence-electron chi connectivity index (χ1n) is 7.46. The third-order valence-corrected chi connectivity index (χ3v) is 3.81. The molecule has 0 saturated heterocycles. The minimum Gasteiger partial charge on any atom is -0.381 e. The normalized spacial score (nSPS) is 13.9. The van der Waals surface area contributed by atoms with Crippen LogP contribution in [0.5, 0.6) is 0 Å². The molecule has 2 unspecified atom stereocenters. The molecule has 1 aromatic heterocycles. The van der Waals surface area contributed by atoms with Gasteiger partial charge in [0.25, 0.3) is 0 Å². The molecule has 0 aliphatic heterocycles. The average molecular weight is 272 g/mol. The van der Waals surface area contributed by atoms with E-state index in [4.69, 9.17) is 0 Å². The van der Waals surface area contributed by atoms with Gasteiger partial charge in [-0.2, -0.15) is 0 Å². The van der Waals surface area contributed by atoms with Crippen LogP contribution in [0.1, 0.15) is 40.0 Å². The number of hydrogen-bond donors (Lipinski definition) is 1. The summed E-state index contributed by atoms with van der Waals surface area (Å²) in [4.78, 5) is 0. The van der Waals surface area contributed by atoms with E-state index in [1.165, 1.54) is 12.8 Å². The highest BCUT2D eigenvalue weighted by molar-refractivity contribution is 5.60. The Hall–Kier alpha value is -1.84. The first-order valence-corrected chi connectivity index (χ1v) is 7.46. The van der Waals surface area contributed by atoms with Gasteiger partial charge >= 0.3 is 0 Å². The Labute approximate surface area is 121 Å². The largest absolute Gasteiger partial charge is 0.381 e. The highest BCUT2D eigenvalue weighted by atomic mass is 15.4. The van der Waals surface area contributed by atoms with Gasteiger partial charge in [-0.3, -0.25) is 0 Å². The molecule has 108 valence electrons. The maximum absolute atomic E-state index is 4.08. The van der Waals surface area contributed by atoms with Gasteiger partial charge in [-0.15, -0.1) is 5.10 Å². The van der Waals surface area contributed by atoms with Gasteiger partial charge in [0, 0.05) is 6.04 Å². The van der Waals surface area contributed by atoms with Crippen molar-refractivity contribution in [1.29, 1.82) is 0 Å². The second-order valence-electron chi connectivity index (χ2n) is 5.36. The van der Waals surface area contributed by atoms with Crippen molar-refractivity contribution in [2.75, 3.05) is 5.32 Å². The van der Waals surface area contributed by atoms with Crippen molar-refractivity contribution in [3.05, 3.63) is 36.7 Å². The van der Waals surface area contributed by atoms with Crippen molar-refractivity contribution < 1.29 is 0 Å². The second kappa shape index (κ2) is 7.08. The minimum absolute atomic E-state index is 0.495. The van der Waals surface area contributed by atoms with E-state index in [0.717, 1.165) is 23.7 Å². The monoisotopic (exact) mass is 272 g/mol. The molecule has 0 aliphatic rings. The van der Waals surface area contributed by atoms with Gasteiger partial charge in [0.15, 0.2) is 0 Å². The Morgan fingerprint density at radius 3 is 2.65 bits per heavy atom. The highest BCUT2D eigenvalue weighted by Gasteiger charge is 2.13. The topological polar surface area (TPSA) is 42.7 Å². The summed E-state index contributed by atoms with van der Waals surface area (Å²) in [6.45, 7) is 6.80. The molecule has 0 amide bonds. The lowest BCUT2D eigenvalue weighted by molar-refractivity contribution is 0.461. The molecule has 2 rings (SSSR count). The first-order chi connectivity index (χ1) is 9.74. The highest BCUT2D eigenvalue weighted by Crippen LogP contribution is 2.22. The van der Waals surface area contributed by atoms with E-state index in [0.29, 0.717) is 6.04 Å². The summed E-state index contributed by atoms with van der Waals surface area (Å²) in [7, 11) is 0. The van der Waals surface area contributed by atoms with Crippen molar-refractivity contribution >= 4 is 5.69 Å². The van der Waals surface area contributed by atoms with Gasteiger partial charge in [-0.25, -0.2) is 4.68 Å². The fraction of sp³-hybridized carbons (Fsp3) is 0.500. The minimum atomic E-state index is 0.495. The fourth-order valence-corrected chi connectivity index (χ4v) is 2.33. The van der Waals surface area contributed by atoms with Crippen LogP contribution in [-0.2, 0) is 0 Å². The van der Waals surface area contributed by atoms with Gasteiger partial charge in [0.2, 0.25) is 0 Å². The van der Waals surface area contributed by atoms with Crippen LogP contribution in [0.3, 0.4) is 0 Å². The van der Waals surface area contributed by atoms with E-state index in [1.807, 2.05) is 12.3 Å². The van der Waals surface area contributed by atoms with Gasteiger partial charge in [0.1, 0.15) is 0 Å². The summed E-state index contributed by atoms with van der Waals surface area (Å²) < 4.78 is 1.80. The van der Waals surface area contributed by atoms with Crippen LogP contribution < -0.4 is 5.32 Å². The Morgan fingerprint density at radius 1 is 1.20 bits per heavy atom. The van der Waals surface area contributed by atoms with E-state index in [9.17, 15) is 0 Å². The van der Waals surface area contributed by atoms with Gasteiger partial charge in [-0.05, 0) is 30.9 Å². The Bertz CT molecular complexity index is 507. The van der Waals surface area contributed by atoms with Gasteiger partial charge in [-0.1, -0.05) is 44.5 Å². The van der Waals surface area contributed by atoms with E-state index >= 15 is 0 Å².